The SMILES string of the molecule is CC(C)=C1C=c2ccccc2=[C]1[Zr+2][c]1[nH]c(C)c(C)c1C.[Cl-].[Cl-]. The summed E-state index contributed by atoms with van der Waals surface area (Å²) >= 11 is -0.821. The van der Waals surface area contributed by atoms with Gasteiger partial charge < -0.3 is 24.8 Å². The first kappa shape index (κ1) is 20.5. The van der Waals surface area contributed by atoms with Crippen LogP contribution in [0, 0.1) is 20.8 Å². The Balaban J connectivity index is 0.00000132. The quantitative estimate of drug-likeness (QED) is 0.517. The minimum Gasteiger partial charge on any atom is -1.00 e. The number of hydrogen-bond donors (Lipinski definition) is 1. The van der Waals surface area contributed by atoms with E-state index in [1.807, 2.05) is 0 Å². The molecule has 1 heterocycles. The van der Waals surface area contributed by atoms with E-state index in [-0.39, 0.29) is 24.8 Å². The van der Waals surface area contributed by atoms with E-state index in [9.17, 15) is 0 Å². The number of rotatable bonds is 2. The van der Waals surface area contributed by atoms with E-state index in [4.69, 9.17) is 0 Å². The number of benzene rings is 1. The first-order valence-corrected chi connectivity index (χ1v) is 9.86. The molecule has 120 valence electrons. The Kier molecular flexibility index (Phi) is 7.14. The Hall–Kier alpha value is -0.557. The van der Waals surface area contributed by atoms with E-state index >= 15 is 0 Å². The van der Waals surface area contributed by atoms with Gasteiger partial charge in [0.05, 0.1) is 0 Å². The van der Waals surface area contributed by atoms with E-state index in [1.54, 1.807) is 3.28 Å². The fourth-order valence-electron chi connectivity index (χ4n) is 2.85. The van der Waals surface area contributed by atoms with Crippen molar-refractivity contribution in [3.8, 4) is 0 Å². The molecule has 1 aliphatic rings. The molecule has 0 spiro atoms. The summed E-state index contributed by atoms with van der Waals surface area (Å²) in [6.07, 6.45) is 2.37. The number of hydrogen-bond acceptors (Lipinski definition) is 0. The second-order valence-electron chi connectivity index (χ2n) is 6.02. The maximum Gasteiger partial charge on any atom is -1.00 e. The number of nitrogens with one attached hydrogen (secondary N) is 1. The molecule has 1 N–H and O–H groups in total. The van der Waals surface area contributed by atoms with Gasteiger partial charge in [0, 0.05) is 0 Å². The van der Waals surface area contributed by atoms with Crippen molar-refractivity contribution in [3.63, 3.8) is 0 Å². The number of halogens is 2. The minimum absolute atomic E-state index is 0. The van der Waals surface area contributed by atoms with Crippen LogP contribution in [-0.2, 0) is 23.2 Å². The first-order chi connectivity index (χ1) is 9.99. The Morgan fingerprint density at radius 3 is 2.17 bits per heavy atom. The van der Waals surface area contributed by atoms with Gasteiger partial charge in [-0.2, -0.15) is 0 Å². The second kappa shape index (κ2) is 8.01. The van der Waals surface area contributed by atoms with Gasteiger partial charge in [0.15, 0.2) is 0 Å². The zero-order valence-corrected chi connectivity index (χ0v) is 18.1. The molecule has 0 fully saturated rings. The van der Waals surface area contributed by atoms with Crippen LogP contribution >= 0.6 is 0 Å². The van der Waals surface area contributed by atoms with Gasteiger partial charge in [-0.05, 0) is 0 Å². The molecular formula is C19H21Cl2NZr. The molecule has 4 heteroatoms. The monoisotopic (exact) mass is 423 g/mol. The summed E-state index contributed by atoms with van der Waals surface area (Å²) in [4.78, 5) is 3.65. The maximum atomic E-state index is 3.65. The average molecular weight is 426 g/mol. The molecule has 0 radical (unpaired) electrons. The third-order valence-corrected chi connectivity index (χ3v) is 8.18. The Bertz CT molecular complexity index is 871. The molecule has 3 rings (SSSR count). The van der Waals surface area contributed by atoms with Crippen LogP contribution in [-0.4, -0.2) is 4.98 Å². The first-order valence-electron chi connectivity index (χ1n) is 7.40. The summed E-state index contributed by atoms with van der Waals surface area (Å²) in [5.41, 5.74) is 7.15. The molecule has 1 nitrogen and oxygen atoms in total. The molecule has 0 bridgehead atoms. The van der Waals surface area contributed by atoms with Crippen molar-refractivity contribution in [3.05, 3.63) is 62.7 Å². The van der Waals surface area contributed by atoms with E-state index < -0.39 is 23.2 Å². The van der Waals surface area contributed by atoms with Gasteiger partial charge in [-0.3, -0.25) is 0 Å². The van der Waals surface area contributed by atoms with Crippen molar-refractivity contribution in [2.24, 2.45) is 0 Å². The minimum atomic E-state index is -0.821. The second-order valence-corrected chi connectivity index (χ2v) is 9.09. The van der Waals surface area contributed by atoms with Crippen LogP contribution in [0.15, 0.2) is 35.4 Å². The van der Waals surface area contributed by atoms with E-state index in [0.29, 0.717) is 0 Å². The zero-order chi connectivity index (χ0) is 15.1. The summed E-state index contributed by atoms with van der Waals surface area (Å²) < 4.78 is 3.14. The van der Waals surface area contributed by atoms with Gasteiger partial charge in [-0.15, -0.1) is 0 Å². The molecule has 1 aromatic heterocycles. The molecule has 23 heavy (non-hydrogen) atoms. The van der Waals surface area contributed by atoms with Crippen molar-refractivity contribution in [1.29, 1.82) is 0 Å². The molecular weight excluding hydrogens is 404 g/mol. The third-order valence-electron chi connectivity index (χ3n) is 4.40. The summed E-state index contributed by atoms with van der Waals surface area (Å²) in [6.45, 7) is 11.1. The average Bonchev–Trinajstić information content (AvgIpc) is 2.94. The fourth-order valence-corrected chi connectivity index (χ4v) is 7.01. The summed E-state index contributed by atoms with van der Waals surface area (Å²) in [7, 11) is 0. The van der Waals surface area contributed by atoms with Crippen LogP contribution in [0.25, 0.3) is 9.36 Å². The van der Waals surface area contributed by atoms with Crippen molar-refractivity contribution in [1.82, 2.24) is 4.98 Å². The fraction of sp³-hybridized carbons (Fsp3) is 0.263. The van der Waals surface area contributed by atoms with Crippen molar-refractivity contribution in [2.45, 2.75) is 34.6 Å². The number of allylic oxidation sites excluding steroid dienone is 2. The summed E-state index contributed by atoms with van der Waals surface area (Å²) in [5, 5.41) is 2.85. The number of aromatic nitrogens is 1. The molecule has 0 atom stereocenters. The summed E-state index contributed by atoms with van der Waals surface area (Å²) in [6, 6.07) is 8.83. The van der Waals surface area contributed by atoms with Crippen molar-refractivity contribution in [2.75, 3.05) is 0 Å². The Morgan fingerprint density at radius 2 is 1.61 bits per heavy atom. The van der Waals surface area contributed by atoms with Gasteiger partial charge in [-0.1, -0.05) is 0 Å². The number of aryl methyl sites for hydroxylation is 1. The van der Waals surface area contributed by atoms with Crippen molar-refractivity contribution < 1.29 is 48.0 Å². The topological polar surface area (TPSA) is 15.8 Å². The van der Waals surface area contributed by atoms with Crippen molar-refractivity contribution >= 4 is 12.8 Å². The standard InChI is InChI=1S/C12H11.C7H10N.2ClH.Zr/c1-9(2)12-7-10-5-3-4-6-11(10)8-12;1-5-4-8-7(3)6(5)2;;;/h3-7H,1-2H3;8H,1-3H3;2*1H;/q;;;;+2/p-2. The molecule has 0 amide bonds. The predicted molar refractivity (Wildman–Crippen MR) is 86.6 cm³/mol. The summed E-state index contributed by atoms with van der Waals surface area (Å²) in [5.74, 6) is 0. The van der Waals surface area contributed by atoms with Gasteiger partial charge in [0.2, 0.25) is 0 Å². The van der Waals surface area contributed by atoms with Crippen LogP contribution in [0.5, 0.6) is 0 Å². The van der Waals surface area contributed by atoms with E-state index in [1.165, 1.54) is 41.8 Å². The van der Waals surface area contributed by atoms with Crippen LogP contribution in [0.2, 0.25) is 0 Å². The van der Waals surface area contributed by atoms with Crippen LogP contribution in [0.4, 0.5) is 0 Å². The van der Waals surface area contributed by atoms with Crippen LogP contribution < -0.4 is 38.7 Å². The molecule has 2 aromatic rings. The molecule has 1 aliphatic carbocycles. The number of H-pyrrole nitrogens is 1. The maximum absolute atomic E-state index is 3.65. The van der Waals surface area contributed by atoms with Gasteiger partial charge >= 0.3 is 138 Å². The zero-order valence-electron chi connectivity index (χ0n) is 14.1. The number of aromatic amines is 1. The number of fused-ring (bicyclic) bond motifs is 1. The van der Waals surface area contributed by atoms with Gasteiger partial charge in [0.1, 0.15) is 0 Å². The predicted octanol–water partition coefficient (Wildman–Crippen LogP) is -3.41. The van der Waals surface area contributed by atoms with E-state index in [0.717, 1.165) is 0 Å². The van der Waals surface area contributed by atoms with Crippen LogP contribution in [0.1, 0.15) is 30.7 Å². The van der Waals surface area contributed by atoms with Gasteiger partial charge in [-0.25, -0.2) is 0 Å². The third kappa shape index (κ3) is 3.76. The molecule has 0 saturated carbocycles. The van der Waals surface area contributed by atoms with Crippen LogP contribution in [0.3, 0.4) is 0 Å². The van der Waals surface area contributed by atoms with Gasteiger partial charge in [0.25, 0.3) is 0 Å². The molecule has 0 saturated heterocycles. The Morgan fingerprint density at radius 1 is 0.957 bits per heavy atom. The van der Waals surface area contributed by atoms with E-state index in [2.05, 4.69) is 69.9 Å². The smallest absolute Gasteiger partial charge is 1.00 e. The molecule has 0 aliphatic heterocycles. The Labute approximate surface area is 162 Å². The normalized spacial score (nSPS) is 11.9. The largest absolute Gasteiger partial charge is 1.00 e. The molecule has 0 unspecified atom stereocenters. The molecule has 1 aromatic carbocycles.